The molecule has 2 atom stereocenters. The standard InChI is InChI=1S/C29H34BrN3O4S/c1-4-22(2)31-29(35)27(18-23-12-7-5-8-13-23)32(20-24-14-9-6-10-15-24)28(34)21-33(38(3,36)37)26-17-11-16-25(30)19-26/h5-17,19,22,27H,4,18,20-21H2,1-3H3,(H,31,35)/t22-,27+/m1/s1. The predicted octanol–water partition coefficient (Wildman–Crippen LogP) is 4.77. The topological polar surface area (TPSA) is 86.8 Å². The van der Waals surface area contributed by atoms with Crippen LogP contribution < -0.4 is 9.62 Å². The molecular formula is C29H34BrN3O4S. The molecule has 0 radical (unpaired) electrons. The molecule has 3 aromatic carbocycles. The Kier molecular flexibility index (Phi) is 10.5. The first-order valence-electron chi connectivity index (χ1n) is 12.5. The number of carbonyl (C=O) groups is 2. The van der Waals surface area contributed by atoms with Crippen LogP contribution in [-0.4, -0.2) is 50.0 Å². The molecule has 2 amide bonds. The van der Waals surface area contributed by atoms with Crippen LogP contribution in [-0.2, 0) is 32.6 Å². The third-order valence-electron chi connectivity index (χ3n) is 6.24. The molecule has 9 heteroatoms. The van der Waals surface area contributed by atoms with Gasteiger partial charge in [-0.3, -0.25) is 13.9 Å². The molecule has 0 spiro atoms. The lowest BCUT2D eigenvalue weighted by molar-refractivity contribution is -0.140. The first kappa shape index (κ1) is 29.4. The summed E-state index contributed by atoms with van der Waals surface area (Å²) >= 11 is 3.38. The van der Waals surface area contributed by atoms with Crippen LogP contribution in [0.3, 0.4) is 0 Å². The Hall–Kier alpha value is -3.17. The average molecular weight is 601 g/mol. The highest BCUT2D eigenvalue weighted by molar-refractivity contribution is 9.10. The number of amides is 2. The molecule has 0 bridgehead atoms. The number of nitrogens with one attached hydrogen (secondary N) is 1. The van der Waals surface area contributed by atoms with Crippen LogP contribution in [0.15, 0.2) is 89.4 Å². The van der Waals surface area contributed by atoms with E-state index in [1.54, 1.807) is 24.3 Å². The largest absolute Gasteiger partial charge is 0.352 e. The number of halogens is 1. The van der Waals surface area contributed by atoms with Crippen molar-refractivity contribution in [3.8, 4) is 0 Å². The van der Waals surface area contributed by atoms with E-state index in [1.807, 2.05) is 74.5 Å². The predicted molar refractivity (Wildman–Crippen MR) is 155 cm³/mol. The number of nitrogens with zero attached hydrogens (tertiary/aromatic N) is 2. The van der Waals surface area contributed by atoms with Gasteiger partial charge in [-0.1, -0.05) is 89.6 Å². The molecule has 3 aromatic rings. The number of benzene rings is 3. The maximum absolute atomic E-state index is 14.0. The summed E-state index contributed by atoms with van der Waals surface area (Å²) < 4.78 is 27.4. The molecule has 0 unspecified atom stereocenters. The summed E-state index contributed by atoms with van der Waals surface area (Å²) in [5, 5.41) is 3.02. The van der Waals surface area contributed by atoms with Gasteiger partial charge in [0, 0.05) is 23.5 Å². The second-order valence-corrected chi connectivity index (χ2v) is 12.1. The Labute approximate surface area is 234 Å². The summed E-state index contributed by atoms with van der Waals surface area (Å²) in [6.45, 7) is 3.61. The van der Waals surface area contributed by atoms with Crippen LogP contribution in [0, 0.1) is 0 Å². The molecule has 7 nitrogen and oxygen atoms in total. The van der Waals surface area contributed by atoms with Gasteiger partial charge in [0.05, 0.1) is 11.9 Å². The monoisotopic (exact) mass is 599 g/mol. The zero-order valence-electron chi connectivity index (χ0n) is 21.9. The molecule has 0 aliphatic heterocycles. The Balaban J connectivity index is 2.04. The zero-order valence-corrected chi connectivity index (χ0v) is 24.3. The minimum atomic E-state index is -3.80. The Morgan fingerprint density at radius 2 is 1.53 bits per heavy atom. The SMILES string of the molecule is CC[C@@H](C)NC(=O)[C@H](Cc1ccccc1)N(Cc1ccccc1)C(=O)CN(c1cccc(Br)c1)S(C)(=O)=O. The van der Waals surface area contributed by atoms with Gasteiger partial charge in [-0.05, 0) is 42.7 Å². The van der Waals surface area contributed by atoms with E-state index in [1.165, 1.54) is 4.90 Å². The fourth-order valence-electron chi connectivity index (χ4n) is 4.02. The molecule has 0 saturated heterocycles. The number of anilines is 1. The molecule has 0 aliphatic carbocycles. The summed E-state index contributed by atoms with van der Waals surface area (Å²) in [6.07, 6.45) is 2.10. The third kappa shape index (κ3) is 8.43. The lowest BCUT2D eigenvalue weighted by Crippen LogP contribution is -2.54. The van der Waals surface area contributed by atoms with Crippen LogP contribution in [0.5, 0.6) is 0 Å². The number of carbonyl (C=O) groups excluding carboxylic acids is 2. The Morgan fingerprint density at radius 1 is 0.921 bits per heavy atom. The second kappa shape index (κ2) is 13.6. The van der Waals surface area contributed by atoms with Crippen LogP contribution in [0.4, 0.5) is 5.69 Å². The smallest absolute Gasteiger partial charge is 0.244 e. The maximum atomic E-state index is 14.0. The number of sulfonamides is 1. The van der Waals surface area contributed by atoms with Crippen molar-refractivity contribution in [2.24, 2.45) is 0 Å². The summed E-state index contributed by atoms with van der Waals surface area (Å²) in [6, 6.07) is 24.7. The molecule has 0 aliphatic rings. The molecule has 3 rings (SSSR count). The quantitative estimate of drug-likeness (QED) is 0.325. The van der Waals surface area contributed by atoms with Crippen molar-refractivity contribution in [3.63, 3.8) is 0 Å². The lowest BCUT2D eigenvalue weighted by atomic mass is 10.0. The van der Waals surface area contributed by atoms with E-state index < -0.39 is 28.5 Å². The van der Waals surface area contributed by atoms with Crippen molar-refractivity contribution in [1.29, 1.82) is 0 Å². The van der Waals surface area contributed by atoms with Gasteiger partial charge >= 0.3 is 0 Å². The van der Waals surface area contributed by atoms with Crippen molar-refractivity contribution in [1.82, 2.24) is 10.2 Å². The summed E-state index contributed by atoms with van der Waals surface area (Å²) in [7, 11) is -3.80. The van der Waals surface area contributed by atoms with E-state index in [9.17, 15) is 18.0 Å². The number of hydrogen-bond donors (Lipinski definition) is 1. The maximum Gasteiger partial charge on any atom is 0.244 e. The first-order chi connectivity index (χ1) is 18.1. The van der Waals surface area contributed by atoms with Crippen LogP contribution in [0.1, 0.15) is 31.4 Å². The lowest BCUT2D eigenvalue weighted by Gasteiger charge is -2.34. The van der Waals surface area contributed by atoms with E-state index in [2.05, 4.69) is 21.2 Å². The van der Waals surface area contributed by atoms with Crippen molar-refractivity contribution in [2.75, 3.05) is 17.1 Å². The van der Waals surface area contributed by atoms with Gasteiger partial charge in [-0.2, -0.15) is 0 Å². The summed E-state index contributed by atoms with van der Waals surface area (Å²) in [4.78, 5) is 29.1. The minimum Gasteiger partial charge on any atom is -0.352 e. The van der Waals surface area contributed by atoms with E-state index in [-0.39, 0.29) is 24.9 Å². The molecule has 0 aromatic heterocycles. The van der Waals surface area contributed by atoms with Crippen molar-refractivity contribution >= 4 is 43.5 Å². The molecule has 38 heavy (non-hydrogen) atoms. The van der Waals surface area contributed by atoms with Gasteiger partial charge in [-0.25, -0.2) is 8.42 Å². The molecule has 1 N–H and O–H groups in total. The number of rotatable bonds is 12. The highest BCUT2D eigenvalue weighted by atomic mass is 79.9. The molecule has 202 valence electrons. The van der Waals surface area contributed by atoms with Gasteiger partial charge in [0.1, 0.15) is 12.6 Å². The minimum absolute atomic E-state index is 0.0800. The van der Waals surface area contributed by atoms with Crippen LogP contribution in [0.25, 0.3) is 0 Å². The normalized spacial score (nSPS) is 12.8. The van der Waals surface area contributed by atoms with Gasteiger partial charge in [0.2, 0.25) is 21.8 Å². The Bertz CT molecular complexity index is 1320. The van der Waals surface area contributed by atoms with Crippen LogP contribution in [0.2, 0.25) is 0 Å². The van der Waals surface area contributed by atoms with Crippen LogP contribution >= 0.6 is 15.9 Å². The highest BCUT2D eigenvalue weighted by Gasteiger charge is 2.33. The summed E-state index contributed by atoms with van der Waals surface area (Å²) in [5.74, 6) is -0.750. The van der Waals surface area contributed by atoms with Gasteiger partial charge < -0.3 is 10.2 Å². The van der Waals surface area contributed by atoms with E-state index in [4.69, 9.17) is 0 Å². The first-order valence-corrected chi connectivity index (χ1v) is 15.1. The van der Waals surface area contributed by atoms with Crippen molar-refractivity contribution < 1.29 is 18.0 Å². The van der Waals surface area contributed by atoms with E-state index in [0.29, 0.717) is 10.2 Å². The molecule has 0 saturated carbocycles. The molecule has 0 heterocycles. The van der Waals surface area contributed by atoms with Crippen molar-refractivity contribution in [2.45, 2.75) is 45.3 Å². The van der Waals surface area contributed by atoms with E-state index >= 15 is 0 Å². The number of hydrogen-bond acceptors (Lipinski definition) is 4. The Morgan fingerprint density at radius 3 is 2.08 bits per heavy atom. The summed E-state index contributed by atoms with van der Waals surface area (Å²) in [5.41, 5.74) is 2.09. The third-order valence-corrected chi connectivity index (χ3v) is 7.88. The zero-order chi connectivity index (χ0) is 27.7. The van der Waals surface area contributed by atoms with Crippen molar-refractivity contribution in [3.05, 3.63) is 101 Å². The fraction of sp³-hybridized carbons (Fsp3) is 0.310. The van der Waals surface area contributed by atoms with Gasteiger partial charge in [-0.15, -0.1) is 0 Å². The molecule has 0 fully saturated rings. The van der Waals surface area contributed by atoms with Gasteiger partial charge in [0.15, 0.2) is 0 Å². The van der Waals surface area contributed by atoms with E-state index in [0.717, 1.165) is 28.1 Å². The average Bonchev–Trinajstić information content (AvgIpc) is 2.89. The fourth-order valence-corrected chi connectivity index (χ4v) is 5.25. The molecular weight excluding hydrogens is 566 g/mol. The second-order valence-electron chi connectivity index (χ2n) is 9.28. The highest BCUT2D eigenvalue weighted by Crippen LogP contribution is 2.23. The van der Waals surface area contributed by atoms with Gasteiger partial charge in [0.25, 0.3) is 0 Å².